The summed E-state index contributed by atoms with van der Waals surface area (Å²) in [5.74, 6) is -6.65. The van der Waals surface area contributed by atoms with E-state index in [2.05, 4.69) is 15.6 Å². The van der Waals surface area contributed by atoms with E-state index in [9.17, 15) is 40.7 Å². The second-order valence-corrected chi connectivity index (χ2v) is 11.4. The number of likely N-dealkylation sites (tertiary alicyclic amines) is 1. The van der Waals surface area contributed by atoms with E-state index in [1.807, 2.05) is 6.07 Å². The molecular weight excluding hydrogens is 582 g/mol. The Bertz CT molecular complexity index is 1560. The third-order valence-electron chi connectivity index (χ3n) is 8.95. The number of pyridine rings is 1. The Morgan fingerprint density at radius 1 is 1.19 bits per heavy atom. The molecule has 43 heavy (non-hydrogen) atoms. The van der Waals surface area contributed by atoms with E-state index in [-0.39, 0.29) is 18.7 Å². The van der Waals surface area contributed by atoms with Crippen LogP contribution in [0.25, 0.3) is 0 Å². The lowest BCUT2D eigenvalue weighted by atomic mass is 9.69. The van der Waals surface area contributed by atoms with Gasteiger partial charge in [-0.15, -0.1) is 0 Å². The van der Waals surface area contributed by atoms with Gasteiger partial charge >= 0.3 is 6.18 Å². The zero-order valence-electron chi connectivity index (χ0n) is 22.7. The normalized spacial score (nSPS) is 28.5. The molecule has 1 spiro atoms. The van der Waals surface area contributed by atoms with Gasteiger partial charge in [0.15, 0.2) is 17.7 Å². The number of nitrogens with zero attached hydrogens (tertiary/aromatic N) is 2. The monoisotopic (exact) mass is 608 g/mol. The molecule has 0 saturated carbocycles. The summed E-state index contributed by atoms with van der Waals surface area (Å²) < 4.78 is 89.7. The molecule has 1 aromatic carbocycles. The number of fused-ring (bicyclic) bond motifs is 2. The van der Waals surface area contributed by atoms with Crippen LogP contribution < -0.4 is 10.6 Å². The van der Waals surface area contributed by atoms with Crippen molar-refractivity contribution in [1.29, 1.82) is 0 Å². The third-order valence-corrected chi connectivity index (χ3v) is 8.95. The summed E-state index contributed by atoms with van der Waals surface area (Å²) in [6, 6.07) is 1.80. The molecule has 1 aromatic heterocycles. The predicted molar refractivity (Wildman–Crippen MR) is 138 cm³/mol. The van der Waals surface area contributed by atoms with E-state index >= 15 is 0 Å². The van der Waals surface area contributed by atoms with Gasteiger partial charge in [-0.1, -0.05) is 6.07 Å². The molecule has 2 N–H and O–H groups in total. The maximum atomic E-state index is 14.7. The van der Waals surface area contributed by atoms with Gasteiger partial charge in [-0.3, -0.25) is 14.4 Å². The van der Waals surface area contributed by atoms with E-state index in [0.717, 1.165) is 11.1 Å². The van der Waals surface area contributed by atoms with Gasteiger partial charge < -0.3 is 20.3 Å². The maximum Gasteiger partial charge on any atom is 0.406 e. The molecule has 0 bridgehead atoms. The molecule has 1 unspecified atom stereocenters. The SMILES string of the molecule is C[C@@H]1[C@H](c2c(F)ccc(F)c2F)C[C@H](NC(=O)C2CC3=C(CC[C@]4(C3)C(=O)Nc3ncccc34)O2)C(=O)N1CC(F)(F)F. The summed E-state index contributed by atoms with van der Waals surface area (Å²) in [6.07, 6.45) is -3.79. The Morgan fingerprint density at radius 3 is 2.67 bits per heavy atom. The molecule has 4 heterocycles. The minimum atomic E-state index is -4.85. The molecule has 228 valence electrons. The maximum absolute atomic E-state index is 14.7. The van der Waals surface area contributed by atoms with Gasteiger partial charge in [0.2, 0.25) is 11.8 Å². The van der Waals surface area contributed by atoms with Crippen molar-refractivity contribution in [2.75, 3.05) is 11.9 Å². The van der Waals surface area contributed by atoms with Crippen molar-refractivity contribution in [2.45, 2.75) is 74.7 Å². The number of piperidine rings is 1. The van der Waals surface area contributed by atoms with Crippen LogP contribution in [-0.4, -0.2) is 58.5 Å². The molecule has 4 aliphatic rings. The Balaban J connectivity index is 1.21. The van der Waals surface area contributed by atoms with E-state index in [4.69, 9.17) is 4.74 Å². The van der Waals surface area contributed by atoms with Crippen LogP contribution in [-0.2, 0) is 24.5 Å². The first-order chi connectivity index (χ1) is 20.3. The summed E-state index contributed by atoms with van der Waals surface area (Å²) >= 11 is 0. The van der Waals surface area contributed by atoms with Crippen LogP contribution in [0.3, 0.4) is 0 Å². The number of rotatable bonds is 4. The lowest BCUT2D eigenvalue weighted by Crippen LogP contribution is -2.60. The van der Waals surface area contributed by atoms with Gasteiger partial charge in [-0.25, -0.2) is 18.2 Å². The van der Waals surface area contributed by atoms with Crippen LogP contribution in [0.1, 0.15) is 56.1 Å². The number of amides is 3. The average Bonchev–Trinajstić information content (AvgIpc) is 3.49. The van der Waals surface area contributed by atoms with Crippen molar-refractivity contribution in [2.24, 2.45) is 0 Å². The molecule has 3 aliphatic heterocycles. The molecule has 14 heteroatoms. The van der Waals surface area contributed by atoms with E-state index in [0.29, 0.717) is 41.5 Å². The number of benzene rings is 1. The minimum absolute atomic E-state index is 0.0753. The summed E-state index contributed by atoms with van der Waals surface area (Å²) in [7, 11) is 0. The number of hydrogen-bond donors (Lipinski definition) is 2. The molecular formula is C29H26F6N4O4. The fourth-order valence-electron chi connectivity index (χ4n) is 6.84. The third kappa shape index (κ3) is 4.89. The van der Waals surface area contributed by atoms with Crippen LogP contribution in [0.2, 0.25) is 0 Å². The fraction of sp³-hybridized carbons (Fsp3) is 0.448. The number of carbonyl (C=O) groups excluding carboxylic acids is 3. The number of halogens is 6. The highest BCUT2D eigenvalue weighted by Crippen LogP contribution is 2.51. The van der Waals surface area contributed by atoms with E-state index in [1.165, 1.54) is 6.92 Å². The van der Waals surface area contributed by atoms with Crippen molar-refractivity contribution in [3.63, 3.8) is 0 Å². The smallest absolute Gasteiger partial charge is 0.406 e. The molecule has 5 atom stereocenters. The van der Waals surface area contributed by atoms with Crippen LogP contribution in [0.15, 0.2) is 41.8 Å². The summed E-state index contributed by atoms with van der Waals surface area (Å²) in [5, 5.41) is 5.21. The van der Waals surface area contributed by atoms with Gasteiger partial charge in [0.25, 0.3) is 5.91 Å². The van der Waals surface area contributed by atoms with Gasteiger partial charge in [0.1, 0.15) is 24.2 Å². The Labute approximate surface area is 241 Å². The molecule has 3 amide bonds. The van der Waals surface area contributed by atoms with Crippen molar-refractivity contribution in [3.05, 3.63) is 70.4 Å². The highest BCUT2D eigenvalue weighted by Gasteiger charge is 2.52. The zero-order chi connectivity index (χ0) is 30.8. The van der Waals surface area contributed by atoms with Crippen LogP contribution in [0.5, 0.6) is 0 Å². The molecule has 1 saturated heterocycles. The van der Waals surface area contributed by atoms with Crippen molar-refractivity contribution >= 4 is 23.5 Å². The number of nitrogens with one attached hydrogen (secondary N) is 2. The van der Waals surface area contributed by atoms with Gasteiger partial charge in [-0.05, 0) is 50.0 Å². The Hall–Kier alpha value is -4.10. The summed E-state index contributed by atoms with van der Waals surface area (Å²) in [6.45, 7) is -0.540. The first kappa shape index (κ1) is 29.0. The number of ether oxygens (including phenoxy) is 1. The summed E-state index contributed by atoms with van der Waals surface area (Å²) in [5.41, 5.74) is -0.205. The second-order valence-electron chi connectivity index (χ2n) is 11.4. The summed E-state index contributed by atoms with van der Waals surface area (Å²) in [4.78, 5) is 44.1. The van der Waals surface area contributed by atoms with Crippen molar-refractivity contribution in [3.8, 4) is 0 Å². The number of carbonyl (C=O) groups is 3. The van der Waals surface area contributed by atoms with Gasteiger partial charge in [-0.2, -0.15) is 13.2 Å². The predicted octanol–water partition coefficient (Wildman–Crippen LogP) is 4.37. The van der Waals surface area contributed by atoms with Crippen LogP contribution >= 0.6 is 0 Å². The standard InChI is InChI=1S/C29H26F6N4O4/c1-13-15(22-17(30)4-5-18(31)23(22)32)10-19(26(41)39(13)12-29(33,34)35)37-25(40)21-9-14-11-28(7-6-20(14)43-21)16-3-2-8-36-24(16)38-27(28)42/h2-5,8,13,15,19,21H,6-7,9-12H2,1H3,(H,37,40)(H,36,38,42)/t13-,15-,19+,21?,28-/m1/s1. The average molecular weight is 609 g/mol. The number of allylic oxidation sites excluding steroid dienone is 1. The van der Waals surface area contributed by atoms with Crippen LogP contribution in [0.4, 0.5) is 32.2 Å². The van der Waals surface area contributed by atoms with Gasteiger partial charge in [0, 0.05) is 42.1 Å². The Morgan fingerprint density at radius 2 is 1.93 bits per heavy atom. The first-order valence-corrected chi connectivity index (χ1v) is 13.7. The number of alkyl halides is 3. The minimum Gasteiger partial charge on any atom is -0.485 e. The zero-order valence-corrected chi connectivity index (χ0v) is 22.7. The topological polar surface area (TPSA) is 101 Å². The largest absolute Gasteiger partial charge is 0.485 e. The number of aromatic nitrogens is 1. The van der Waals surface area contributed by atoms with Crippen molar-refractivity contribution in [1.82, 2.24) is 15.2 Å². The molecule has 2 aromatic rings. The van der Waals surface area contributed by atoms with Crippen LogP contribution in [0, 0.1) is 17.5 Å². The second kappa shape index (κ2) is 10.3. The molecule has 1 aliphatic carbocycles. The quantitative estimate of drug-likeness (QED) is 0.397. The fourth-order valence-corrected chi connectivity index (χ4v) is 6.84. The lowest BCUT2D eigenvalue weighted by Gasteiger charge is -2.43. The van der Waals surface area contributed by atoms with E-state index < -0.39 is 83.5 Å². The van der Waals surface area contributed by atoms with Crippen molar-refractivity contribution < 1.29 is 45.5 Å². The van der Waals surface area contributed by atoms with E-state index in [1.54, 1.807) is 12.3 Å². The first-order valence-electron chi connectivity index (χ1n) is 13.7. The lowest BCUT2D eigenvalue weighted by molar-refractivity contribution is -0.171. The molecule has 1 fully saturated rings. The molecule has 0 radical (unpaired) electrons. The number of anilines is 1. The highest BCUT2D eigenvalue weighted by atomic mass is 19.4. The number of hydrogen-bond acceptors (Lipinski definition) is 5. The Kier molecular flexibility index (Phi) is 6.92. The molecule has 6 rings (SSSR count). The molecule has 8 nitrogen and oxygen atoms in total. The van der Waals surface area contributed by atoms with Gasteiger partial charge in [0.05, 0.1) is 11.2 Å². The highest BCUT2D eigenvalue weighted by molar-refractivity contribution is 6.05.